The highest BCUT2D eigenvalue weighted by atomic mass is 32.2. The summed E-state index contributed by atoms with van der Waals surface area (Å²) in [5.74, 6) is -0.256. The molecule has 0 aliphatic carbocycles. The average molecular weight is 376 g/mol. The Morgan fingerprint density at radius 1 is 1.16 bits per heavy atom. The first-order valence-electron chi connectivity index (χ1n) is 7.85. The first-order valence-corrected chi connectivity index (χ1v) is 10.1. The van der Waals surface area contributed by atoms with Gasteiger partial charge in [-0.15, -0.1) is 0 Å². The zero-order valence-corrected chi connectivity index (χ0v) is 14.8. The van der Waals surface area contributed by atoms with E-state index in [4.69, 9.17) is 0 Å². The van der Waals surface area contributed by atoms with Gasteiger partial charge in [0.25, 0.3) is 5.91 Å². The van der Waals surface area contributed by atoms with E-state index in [9.17, 15) is 18.3 Å². The minimum Gasteiger partial charge on any atom is -0.392 e. The normalized spacial score (nSPS) is 20.5. The van der Waals surface area contributed by atoms with E-state index in [0.29, 0.717) is 24.2 Å². The summed E-state index contributed by atoms with van der Waals surface area (Å²) in [7, 11) is -3.69. The van der Waals surface area contributed by atoms with Crippen LogP contribution in [0.1, 0.15) is 16.8 Å². The molecule has 2 aromatic carbocycles. The van der Waals surface area contributed by atoms with Crippen LogP contribution in [0.2, 0.25) is 0 Å². The molecular formula is C17H16N2O4S2. The number of anilines is 1. The van der Waals surface area contributed by atoms with Gasteiger partial charge in [0, 0.05) is 22.9 Å². The summed E-state index contributed by atoms with van der Waals surface area (Å²) >= 11 is 1.43. The van der Waals surface area contributed by atoms with Gasteiger partial charge in [0.1, 0.15) is 0 Å². The average Bonchev–Trinajstić information content (AvgIpc) is 2.98. The largest absolute Gasteiger partial charge is 0.392 e. The molecule has 4 rings (SSSR count). The van der Waals surface area contributed by atoms with E-state index in [1.54, 1.807) is 24.3 Å². The summed E-state index contributed by atoms with van der Waals surface area (Å²) in [5.41, 5.74) is 1.04. The molecule has 25 heavy (non-hydrogen) atoms. The van der Waals surface area contributed by atoms with Gasteiger partial charge in [0.15, 0.2) is 0 Å². The zero-order chi connectivity index (χ0) is 17.6. The van der Waals surface area contributed by atoms with Crippen molar-refractivity contribution in [2.24, 2.45) is 0 Å². The highest BCUT2D eigenvalue weighted by molar-refractivity contribution is 7.99. The van der Waals surface area contributed by atoms with E-state index in [1.807, 2.05) is 12.1 Å². The zero-order valence-electron chi connectivity index (χ0n) is 13.2. The number of carbonyl (C=O) groups excluding carboxylic acids is 1. The second-order valence-corrected chi connectivity index (χ2v) is 9.04. The Balaban J connectivity index is 1.72. The Morgan fingerprint density at radius 3 is 2.72 bits per heavy atom. The predicted molar refractivity (Wildman–Crippen MR) is 94.3 cm³/mol. The summed E-state index contributed by atoms with van der Waals surface area (Å²) in [6.45, 7) is 0.402. The van der Waals surface area contributed by atoms with E-state index in [1.165, 1.54) is 22.1 Å². The van der Waals surface area contributed by atoms with Crippen LogP contribution in [0.4, 0.5) is 5.69 Å². The van der Waals surface area contributed by atoms with Gasteiger partial charge in [-0.2, -0.15) is 4.31 Å². The van der Waals surface area contributed by atoms with Gasteiger partial charge in [0.05, 0.1) is 22.3 Å². The third-order valence-electron chi connectivity index (χ3n) is 4.31. The molecule has 2 aromatic rings. The highest BCUT2D eigenvalue weighted by Crippen LogP contribution is 2.40. The molecule has 1 amide bonds. The number of sulfonamides is 1. The molecule has 0 bridgehead atoms. The molecule has 6 nitrogen and oxygen atoms in total. The van der Waals surface area contributed by atoms with Crippen LogP contribution in [0.3, 0.4) is 0 Å². The molecule has 2 aliphatic rings. The number of amides is 1. The van der Waals surface area contributed by atoms with Gasteiger partial charge in [-0.05, 0) is 36.8 Å². The molecule has 1 fully saturated rings. The molecule has 2 heterocycles. The first kappa shape index (κ1) is 16.6. The van der Waals surface area contributed by atoms with Crippen molar-refractivity contribution in [2.45, 2.75) is 27.2 Å². The Morgan fingerprint density at radius 2 is 1.96 bits per heavy atom. The van der Waals surface area contributed by atoms with Crippen LogP contribution < -0.4 is 5.32 Å². The van der Waals surface area contributed by atoms with Gasteiger partial charge in [-0.3, -0.25) is 4.79 Å². The number of nitrogens with zero attached hydrogens (tertiary/aromatic N) is 1. The van der Waals surface area contributed by atoms with Gasteiger partial charge < -0.3 is 10.4 Å². The maximum absolute atomic E-state index is 12.7. The lowest BCUT2D eigenvalue weighted by atomic mass is 10.2. The number of hydrogen-bond acceptors (Lipinski definition) is 5. The lowest BCUT2D eigenvalue weighted by Crippen LogP contribution is -2.29. The van der Waals surface area contributed by atoms with Crippen molar-refractivity contribution >= 4 is 33.4 Å². The standard InChI is InChI=1S/C17H16N2O4S2/c20-11-7-8-19(10-11)25(22,23)12-5-6-16-14(9-12)18-17(21)13-3-1-2-4-15(13)24-16/h1-6,9,11,20H,7-8,10H2,(H,18,21). The summed E-state index contributed by atoms with van der Waals surface area (Å²) < 4.78 is 26.8. The molecule has 130 valence electrons. The first-order chi connectivity index (χ1) is 11.9. The lowest BCUT2D eigenvalue weighted by molar-refractivity contribution is 0.102. The van der Waals surface area contributed by atoms with Crippen LogP contribution in [0.15, 0.2) is 57.2 Å². The van der Waals surface area contributed by atoms with E-state index in [2.05, 4.69) is 5.32 Å². The van der Waals surface area contributed by atoms with Gasteiger partial charge in [0.2, 0.25) is 10.0 Å². The van der Waals surface area contributed by atoms with Crippen LogP contribution >= 0.6 is 11.8 Å². The molecule has 0 aromatic heterocycles. The number of aliphatic hydroxyl groups excluding tert-OH is 1. The fraction of sp³-hybridized carbons (Fsp3) is 0.235. The minimum absolute atomic E-state index is 0.103. The summed E-state index contributed by atoms with van der Waals surface area (Å²) in [4.78, 5) is 14.1. The van der Waals surface area contributed by atoms with Crippen molar-refractivity contribution in [2.75, 3.05) is 18.4 Å². The minimum atomic E-state index is -3.69. The summed E-state index contributed by atoms with van der Waals surface area (Å²) in [5, 5.41) is 12.4. The van der Waals surface area contributed by atoms with Crippen molar-refractivity contribution in [3.8, 4) is 0 Å². The van der Waals surface area contributed by atoms with Crippen molar-refractivity contribution in [1.29, 1.82) is 0 Å². The third kappa shape index (κ3) is 2.95. The molecular weight excluding hydrogens is 360 g/mol. The molecule has 1 saturated heterocycles. The fourth-order valence-electron chi connectivity index (χ4n) is 2.99. The second-order valence-electron chi connectivity index (χ2n) is 6.02. The van der Waals surface area contributed by atoms with E-state index < -0.39 is 16.1 Å². The maximum atomic E-state index is 12.7. The molecule has 2 aliphatic heterocycles. The molecule has 0 saturated carbocycles. The van der Waals surface area contributed by atoms with E-state index >= 15 is 0 Å². The molecule has 0 radical (unpaired) electrons. The Hall–Kier alpha value is -1.87. The molecule has 1 atom stereocenters. The number of fused-ring (bicyclic) bond motifs is 2. The number of rotatable bonds is 2. The van der Waals surface area contributed by atoms with Gasteiger partial charge >= 0.3 is 0 Å². The molecule has 0 spiro atoms. The van der Waals surface area contributed by atoms with Crippen molar-refractivity contribution in [1.82, 2.24) is 4.31 Å². The van der Waals surface area contributed by atoms with Crippen molar-refractivity contribution < 1.29 is 18.3 Å². The SMILES string of the molecule is O=C1Nc2cc(S(=O)(=O)N3CCC(O)C3)ccc2Sc2ccccc21. The van der Waals surface area contributed by atoms with E-state index in [0.717, 1.165) is 9.79 Å². The quantitative estimate of drug-likeness (QED) is 0.839. The Bertz CT molecular complexity index is 959. The topological polar surface area (TPSA) is 86.7 Å². The summed E-state index contributed by atoms with van der Waals surface area (Å²) in [6, 6.07) is 12.0. The van der Waals surface area contributed by atoms with Crippen LogP contribution in [-0.4, -0.2) is 42.9 Å². The smallest absolute Gasteiger partial charge is 0.256 e. The monoisotopic (exact) mass is 376 g/mol. The molecule has 1 unspecified atom stereocenters. The lowest BCUT2D eigenvalue weighted by Gasteiger charge is -2.17. The maximum Gasteiger partial charge on any atom is 0.256 e. The number of carbonyl (C=O) groups is 1. The third-order valence-corrected chi connectivity index (χ3v) is 7.33. The molecule has 2 N–H and O–H groups in total. The van der Waals surface area contributed by atoms with E-state index in [-0.39, 0.29) is 17.3 Å². The second kappa shape index (κ2) is 6.14. The van der Waals surface area contributed by atoms with Crippen molar-refractivity contribution in [3.63, 3.8) is 0 Å². The van der Waals surface area contributed by atoms with Crippen LogP contribution in [0, 0.1) is 0 Å². The highest BCUT2D eigenvalue weighted by Gasteiger charge is 2.32. The number of hydrogen-bond donors (Lipinski definition) is 2. The Kier molecular flexibility index (Phi) is 4.07. The predicted octanol–water partition coefficient (Wildman–Crippen LogP) is 2.16. The number of benzene rings is 2. The number of β-amino-alcohol motifs (C(OH)–C–C–N with tert-alkyl or cyclic N) is 1. The number of nitrogens with one attached hydrogen (secondary N) is 1. The van der Waals surface area contributed by atoms with Crippen LogP contribution in [0.25, 0.3) is 0 Å². The van der Waals surface area contributed by atoms with Crippen LogP contribution in [0.5, 0.6) is 0 Å². The van der Waals surface area contributed by atoms with Crippen LogP contribution in [-0.2, 0) is 10.0 Å². The Labute approximate surface area is 149 Å². The van der Waals surface area contributed by atoms with Crippen molar-refractivity contribution in [3.05, 3.63) is 48.0 Å². The fourth-order valence-corrected chi connectivity index (χ4v) is 5.51. The molecule has 8 heteroatoms. The summed E-state index contributed by atoms with van der Waals surface area (Å²) in [6.07, 6.45) is -0.188. The van der Waals surface area contributed by atoms with Gasteiger partial charge in [-0.25, -0.2) is 8.42 Å². The number of aliphatic hydroxyl groups is 1. The van der Waals surface area contributed by atoms with Gasteiger partial charge in [-0.1, -0.05) is 23.9 Å².